The molecule has 1 aromatic rings. The minimum atomic E-state index is -0.320. The molecule has 1 saturated carbocycles. The van der Waals surface area contributed by atoms with E-state index >= 15 is 0 Å². The van der Waals surface area contributed by atoms with Gasteiger partial charge in [0.15, 0.2) is 0 Å². The van der Waals surface area contributed by atoms with E-state index in [9.17, 15) is 5.11 Å². The van der Waals surface area contributed by atoms with Crippen LogP contribution in [-0.2, 0) is 6.54 Å². The van der Waals surface area contributed by atoms with Crippen LogP contribution < -0.4 is 0 Å². The number of aromatic nitrogens is 2. The first kappa shape index (κ1) is 11.6. The van der Waals surface area contributed by atoms with Gasteiger partial charge in [0.05, 0.1) is 11.8 Å². The van der Waals surface area contributed by atoms with Gasteiger partial charge in [0.25, 0.3) is 0 Å². The van der Waals surface area contributed by atoms with Gasteiger partial charge in [-0.3, -0.25) is 4.68 Å². The van der Waals surface area contributed by atoms with Gasteiger partial charge in [-0.15, -0.1) is 0 Å². The van der Waals surface area contributed by atoms with Gasteiger partial charge in [0.2, 0.25) is 0 Å². The highest BCUT2D eigenvalue weighted by Gasteiger charge is 2.30. The van der Waals surface area contributed by atoms with Crippen LogP contribution in [0.15, 0.2) is 12.3 Å². The Morgan fingerprint density at radius 2 is 2.38 bits per heavy atom. The lowest BCUT2D eigenvalue weighted by Gasteiger charge is -2.19. The Morgan fingerprint density at radius 3 is 3.00 bits per heavy atom. The fraction of sp³-hybridized carbons (Fsp3) is 0.769. The molecule has 1 N–H and O–H groups in total. The van der Waals surface area contributed by atoms with Crippen molar-refractivity contribution < 1.29 is 5.11 Å². The molecule has 0 aliphatic heterocycles. The highest BCUT2D eigenvalue weighted by Crippen LogP contribution is 2.38. The summed E-state index contributed by atoms with van der Waals surface area (Å²) in [4.78, 5) is 0. The quantitative estimate of drug-likeness (QED) is 0.850. The molecular weight excluding hydrogens is 200 g/mol. The molecule has 3 heteroatoms. The predicted molar refractivity (Wildman–Crippen MR) is 64.0 cm³/mol. The Hall–Kier alpha value is -0.830. The number of hydrogen-bond acceptors (Lipinski definition) is 2. The Kier molecular flexibility index (Phi) is 3.64. The molecule has 1 aromatic heterocycles. The summed E-state index contributed by atoms with van der Waals surface area (Å²) in [6.45, 7) is 5.31. The zero-order valence-corrected chi connectivity index (χ0v) is 10.3. The third kappa shape index (κ3) is 2.29. The van der Waals surface area contributed by atoms with Gasteiger partial charge in [-0.1, -0.05) is 20.3 Å². The molecule has 90 valence electrons. The largest absolute Gasteiger partial charge is 0.387 e. The normalized spacial score (nSPS) is 27.2. The van der Waals surface area contributed by atoms with Crippen LogP contribution in [0.4, 0.5) is 0 Å². The van der Waals surface area contributed by atoms with Gasteiger partial charge in [0.1, 0.15) is 0 Å². The first-order chi connectivity index (χ1) is 7.72. The molecule has 0 saturated heterocycles. The number of hydrogen-bond donors (Lipinski definition) is 1. The lowest BCUT2D eigenvalue weighted by atomic mass is 9.97. The minimum Gasteiger partial charge on any atom is -0.387 e. The standard InChI is InChI=1S/C13H22N2O/c1-3-8-15-12(6-7-14-15)13(16)11-5-4-10(2)9-11/h6-7,10-11,13,16H,3-5,8-9H2,1-2H3. The molecular formula is C13H22N2O. The molecule has 3 nitrogen and oxygen atoms in total. The summed E-state index contributed by atoms with van der Waals surface area (Å²) in [7, 11) is 0. The van der Waals surface area contributed by atoms with E-state index in [1.807, 2.05) is 10.7 Å². The van der Waals surface area contributed by atoms with Crippen LogP contribution in [-0.4, -0.2) is 14.9 Å². The van der Waals surface area contributed by atoms with Crippen LogP contribution in [0.3, 0.4) is 0 Å². The fourth-order valence-electron chi connectivity index (χ4n) is 2.77. The maximum atomic E-state index is 10.4. The highest BCUT2D eigenvalue weighted by atomic mass is 16.3. The van der Waals surface area contributed by atoms with E-state index in [1.165, 1.54) is 6.42 Å². The fourth-order valence-corrected chi connectivity index (χ4v) is 2.77. The van der Waals surface area contributed by atoms with Crippen molar-refractivity contribution in [3.05, 3.63) is 18.0 Å². The average molecular weight is 222 g/mol. The summed E-state index contributed by atoms with van der Waals surface area (Å²) in [5.41, 5.74) is 1.00. The van der Waals surface area contributed by atoms with E-state index in [2.05, 4.69) is 18.9 Å². The van der Waals surface area contributed by atoms with E-state index in [4.69, 9.17) is 0 Å². The maximum absolute atomic E-state index is 10.4. The summed E-state index contributed by atoms with van der Waals surface area (Å²) >= 11 is 0. The molecule has 1 aliphatic carbocycles. The smallest absolute Gasteiger partial charge is 0.0984 e. The van der Waals surface area contributed by atoms with E-state index in [-0.39, 0.29) is 6.10 Å². The van der Waals surface area contributed by atoms with Gasteiger partial charge in [-0.25, -0.2) is 0 Å². The van der Waals surface area contributed by atoms with Crippen LogP contribution in [0.1, 0.15) is 51.3 Å². The van der Waals surface area contributed by atoms with Gasteiger partial charge in [0, 0.05) is 12.7 Å². The zero-order chi connectivity index (χ0) is 11.5. The van der Waals surface area contributed by atoms with E-state index in [1.54, 1.807) is 6.20 Å². The number of nitrogens with zero attached hydrogens (tertiary/aromatic N) is 2. The Balaban J connectivity index is 2.07. The molecule has 0 amide bonds. The van der Waals surface area contributed by atoms with Crippen molar-refractivity contribution in [3.63, 3.8) is 0 Å². The second-order valence-electron chi connectivity index (χ2n) is 5.10. The van der Waals surface area contributed by atoms with Crippen molar-refractivity contribution in [1.82, 2.24) is 9.78 Å². The lowest BCUT2D eigenvalue weighted by molar-refractivity contribution is 0.1000. The van der Waals surface area contributed by atoms with Crippen molar-refractivity contribution in [2.75, 3.05) is 0 Å². The highest BCUT2D eigenvalue weighted by molar-refractivity contribution is 5.06. The average Bonchev–Trinajstić information content (AvgIpc) is 2.87. The maximum Gasteiger partial charge on any atom is 0.0984 e. The van der Waals surface area contributed by atoms with Gasteiger partial charge >= 0.3 is 0 Å². The van der Waals surface area contributed by atoms with E-state index in [0.29, 0.717) is 5.92 Å². The van der Waals surface area contributed by atoms with Crippen molar-refractivity contribution in [1.29, 1.82) is 0 Å². The van der Waals surface area contributed by atoms with Crippen LogP contribution in [0.25, 0.3) is 0 Å². The molecule has 1 heterocycles. The van der Waals surface area contributed by atoms with Crippen molar-refractivity contribution in [3.8, 4) is 0 Å². The van der Waals surface area contributed by atoms with Crippen LogP contribution >= 0.6 is 0 Å². The second-order valence-corrected chi connectivity index (χ2v) is 5.10. The Morgan fingerprint density at radius 1 is 1.56 bits per heavy atom. The number of aliphatic hydroxyl groups is 1. The molecule has 0 radical (unpaired) electrons. The predicted octanol–water partition coefficient (Wildman–Crippen LogP) is 2.76. The van der Waals surface area contributed by atoms with Crippen LogP contribution in [0, 0.1) is 11.8 Å². The zero-order valence-electron chi connectivity index (χ0n) is 10.3. The third-order valence-corrected chi connectivity index (χ3v) is 3.67. The van der Waals surface area contributed by atoms with E-state index < -0.39 is 0 Å². The monoisotopic (exact) mass is 222 g/mol. The summed E-state index contributed by atoms with van der Waals surface area (Å²) in [5, 5.41) is 14.6. The minimum absolute atomic E-state index is 0.320. The van der Waals surface area contributed by atoms with Crippen molar-refractivity contribution in [2.24, 2.45) is 11.8 Å². The topological polar surface area (TPSA) is 38.0 Å². The van der Waals surface area contributed by atoms with E-state index in [0.717, 1.165) is 37.4 Å². The first-order valence-electron chi connectivity index (χ1n) is 6.42. The van der Waals surface area contributed by atoms with Gasteiger partial charge in [-0.2, -0.15) is 5.10 Å². The number of rotatable bonds is 4. The van der Waals surface area contributed by atoms with Gasteiger partial charge < -0.3 is 5.11 Å². The summed E-state index contributed by atoms with van der Waals surface area (Å²) in [6, 6.07) is 1.96. The molecule has 0 spiro atoms. The van der Waals surface area contributed by atoms with Crippen molar-refractivity contribution in [2.45, 2.75) is 52.2 Å². The summed E-state index contributed by atoms with van der Waals surface area (Å²) in [5.74, 6) is 1.20. The van der Waals surface area contributed by atoms with Crippen molar-refractivity contribution >= 4 is 0 Å². The second kappa shape index (κ2) is 5.00. The number of aryl methyl sites for hydroxylation is 1. The SMILES string of the molecule is CCCn1nccc1C(O)C1CCC(C)C1. The van der Waals surface area contributed by atoms with Crippen LogP contribution in [0.5, 0.6) is 0 Å². The molecule has 2 rings (SSSR count). The molecule has 1 aliphatic rings. The summed E-state index contributed by atoms with van der Waals surface area (Å²) in [6.07, 6.45) is 6.09. The summed E-state index contributed by atoms with van der Waals surface area (Å²) < 4.78 is 1.95. The molecule has 1 fully saturated rings. The lowest BCUT2D eigenvalue weighted by Crippen LogP contribution is -2.15. The van der Waals surface area contributed by atoms with Gasteiger partial charge in [-0.05, 0) is 37.2 Å². The Bertz CT molecular complexity index is 334. The molecule has 0 bridgehead atoms. The third-order valence-electron chi connectivity index (χ3n) is 3.67. The molecule has 0 aromatic carbocycles. The first-order valence-corrected chi connectivity index (χ1v) is 6.42. The Labute approximate surface area is 97.5 Å². The van der Waals surface area contributed by atoms with Crippen LogP contribution in [0.2, 0.25) is 0 Å². The molecule has 3 unspecified atom stereocenters. The molecule has 16 heavy (non-hydrogen) atoms. The molecule has 3 atom stereocenters. The number of aliphatic hydroxyl groups excluding tert-OH is 1.